The van der Waals surface area contributed by atoms with Gasteiger partial charge in [-0.2, -0.15) is 0 Å². The number of hydrogen-bond donors (Lipinski definition) is 0. The Kier molecular flexibility index (Phi) is 7.75. The van der Waals surface area contributed by atoms with E-state index in [2.05, 4.69) is 183 Å². The first kappa shape index (κ1) is 38.4. The van der Waals surface area contributed by atoms with Crippen LogP contribution in [0.5, 0.6) is 0 Å². The minimum atomic E-state index is -0.0442. The molecule has 0 N–H and O–H groups in total. The number of anilines is 7. The molecule has 3 nitrogen and oxygen atoms in total. The minimum absolute atomic E-state index is 0.00377. The molecule has 0 aromatic heterocycles. The van der Waals surface area contributed by atoms with E-state index in [9.17, 15) is 0 Å². The first-order valence-electron chi connectivity index (χ1n) is 23.4. The molecule has 5 aromatic rings. The van der Waals surface area contributed by atoms with Gasteiger partial charge in [-0.3, -0.25) is 0 Å². The zero-order valence-electron chi connectivity index (χ0n) is 38.7. The van der Waals surface area contributed by atoms with Gasteiger partial charge in [-0.15, -0.1) is 0 Å². The number of para-hydroxylation sites is 1. The van der Waals surface area contributed by atoms with Crippen molar-refractivity contribution >= 4 is 39.8 Å². The highest BCUT2D eigenvalue weighted by Crippen LogP contribution is 2.71. The second-order valence-electron chi connectivity index (χ2n) is 23.0. The lowest BCUT2D eigenvalue weighted by atomic mass is 9.61. The third-order valence-corrected chi connectivity index (χ3v) is 17.7. The fourth-order valence-corrected chi connectivity index (χ4v) is 14.1. The Morgan fingerprint density at radius 3 is 1.87 bits per heavy atom. The number of aryl methyl sites for hydroxylation is 2. The molecule has 11 rings (SSSR count). The quantitative estimate of drug-likeness (QED) is 0.173. The van der Waals surface area contributed by atoms with Crippen molar-refractivity contribution in [3.8, 4) is 0 Å². The van der Waals surface area contributed by atoms with Crippen LogP contribution in [0.25, 0.3) is 0 Å². The number of hydrogen-bond acceptors (Lipinski definition) is 3. The summed E-state index contributed by atoms with van der Waals surface area (Å²) in [5.41, 5.74) is 23.0. The van der Waals surface area contributed by atoms with Crippen LogP contribution in [0.4, 0.5) is 39.8 Å². The maximum absolute atomic E-state index is 2.96. The molecule has 6 aliphatic rings. The first-order valence-corrected chi connectivity index (χ1v) is 23.4. The van der Waals surface area contributed by atoms with Gasteiger partial charge in [-0.05, 0) is 145 Å². The van der Waals surface area contributed by atoms with Crippen molar-refractivity contribution in [2.45, 2.75) is 173 Å². The van der Waals surface area contributed by atoms with Gasteiger partial charge in [0.25, 0.3) is 0 Å². The van der Waals surface area contributed by atoms with Crippen LogP contribution < -0.4 is 14.7 Å². The van der Waals surface area contributed by atoms with Gasteiger partial charge in [0.2, 0.25) is 0 Å². The van der Waals surface area contributed by atoms with Crippen LogP contribution in [0.2, 0.25) is 0 Å². The highest BCUT2D eigenvalue weighted by molar-refractivity contribution is 5.99. The van der Waals surface area contributed by atoms with Gasteiger partial charge in [0.05, 0.1) is 33.8 Å². The molecule has 0 radical (unpaired) electrons. The van der Waals surface area contributed by atoms with E-state index in [1.807, 2.05) is 0 Å². The Labute approximate surface area is 361 Å². The number of benzene rings is 5. The van der Waals surface area contributed by atoms with Gasteiger partial charge < -0.3 is 14.7 Å². The van der Waals surface area contributed by atoms with Crippen molar-refractivity contribution in [2.75, 3.05) is 14.7 Å². The summed E-state index contributed by atoms with van der Waals surface area (Å²) >= 11 is 0. The predicted octanol–water partition coefficient (Wildman–Crippen LogP) is 15.7. The Morgan fingerprint density at radius 2 is 1.15 bits per heavy atom. The lowest BCUT2D eigenvalue weighted by Crippen LogP contribution is -2.56. The smallest absolute Gasteiger partial charge is 0.0545 e. The number of rotatable bonds is 2. The van der Waals surface area contributed by atoms with Gasteiger partial charge in [0.1, 0.15) is 0 Å². The van der Waals surface area contributed by atoms with Crippen molar-refractivity contribution in [3.05, 3.63) is 135 Å². The van der Waals surface area contributed by atoms with Crippen LogP contribution in [0.15, 0.2) is 84.9 Å². The lowest BCUT2D eigenvalue weighted by molar-refractivity contribution is 0.193. The van der Waals surface area contributed by atoms with Gasteiger partial charge in [0, 0.05) is 39.4 Å². The van der Waals surface area contributed by atoms with E-state index in [1.54, 1.807) is 11.1 Å². The second kappa shape index (κ2) is 12.1. The Balaban J connectivity index is 1.30. The van der Waals surface area contributed by atoms with E-state index in [0.717, 1.165) is 0 Å². The third-order valence-electron chi connectivity index (χ3n) is 17.7. The second-order valence-corrected chi connectivity index (χ2v) is 23.0. The fourth-order valence-electron chi connectivity index (χ4n) is 14.1. The SMILES string of the molecule is Cc1cc(C)c2c3c1C1c4ccc(C(C)(C)C)cc4N(c4cccc(C(C)(C)C)c4)c4cc(N5c6ccccc6C6(C)CCCCC56C)cc(c41)N3C1(C)CCCCC21C. The third kappa shape index (κ3) is 4.68. The van der Waals surface area contributed by atoms with Crippen molar-refractivity contribution in [1.29, 1.82) is 0 Å². The molecule has 0 saturated heterocycles. The van der Waals surface area contributed by atoms with E-state index in [-0.39, 0.29) is 38.7 Å². The average molecular weight is 794 g/mol. The summed E-state index contributed by atoms with van der Waals surface area (Å²) in [4.78, 5) is 8.50. The largest absolute Gasteiger partial charge is 0.334 e. The highest BCUT2D eigenvalue weighted by atomic mass is 15.3. The molecule has 5 aromatic carbocycles. The highest BCUT2D eigenvalue weighted by Gasteiger charge is 2.63. The van der Waals surface area contributed by atoms with Crippen molar-refractivity contribution in [3.63, 3.8) is 0 Å². The zero-order chi connectivity index (χ0) is 42.1. The first-order chi connectivity index (χ1) is 28.3. The number of nitrogens with zero attached hydrogens (tertiary/aromatic N) is 3. The summed E-state index contributed by atoms with van der Waals surface area (Å²) in [6, 6.07) is 34.4. The summed E-state index contributed by atoms with van der Waals surface area (Å²) in [5.74, 6) is 0.134. The average Bonchev–Trinajstić information content (AvgIpc) is 3.55. The summed E-state index contributed by atoms with van der Waals surface area (Å²) < 4.78 is 0. The van der Waals surface area contributed by atoms with E-state index in [1.165, 1.54) is 130 Å². The minimum Gasteiger partial charge on any atom is -0.334 e. The summed E-state index contributed by atoms with van der Waals surface area (Å²) in [6.45, 7) is 29.5. The van der Waals surface area contributed by atoms with Crippen LogP contribution in [0.1, 0.15) is 177 Å². The van der Waals surface area contributed by atoms with Gasteiger partial charge >= 0.3 is 0 Å². The molecule has 2 fully saturated rings. The molecule has 310 valence electrons. The molecule has 0 bridgehead atoms. The van der Waals surface area contributed by atoms with Crippen LogP contribution in [-0.4, -0.2) is 11.1 Å². The molecule has 4 aliphatic heterocycles. The topological polar surface area (TPSA) is 9.72 Å². The molecule has 5 atom stereocenters. The van der Waals surface area contributed by atoms with Crippen molar-refractivity contribution in [2.24, 2.45) is 0 Å². The molecule has 5 unspecified atom stereocenters. The van der Waals surface area contributed by atoms with Crippen molar-refractivity contribution in [1.82, 2.24) is 0 Å². The van der Waals surface area contributed by atoms with E-state index in [4.69, 9.17) is 0 Å². The van der Waals surface area contributed by atoms with Crippen LogP contribution in [-0.2, 0) is 21.7 Å². The maximum atomic E-state index is 2.96. The normalized spacial score (nSPS) is 28.5. The van der Waals surface area contributed by atoms with Crippen LogP contribution in [0, 0.1) is 13.8 Å². The molecule has 60 heavy (non-hydrogen) atoms. The zero-order valence-corrected chi connectivity index (χ0v) is 38.7. The summed E-state index contributed by atoms with van der Waals surface area (Å²) in [6.07, 6.45) is 9.97. The maximum Gasteiger partial charge on any atom is 0.0545 e. The molecule has 0 spiro atoms. The standard InChI is InChI=1S/C57H67N3/c1-35-30-36(2)50-51-47(35)48-41-25-24-38(53(6,7)8)32-44(41)58(39-21-19-20-37(31-39)52(3,4)5)45-33-40(34-46(49(45)48)60(51)57(12)29-18-16-27-55(50,57)10)59-43-23-14-13-22-42(43)54(9)26-15-17-28-56(54,59)11/h13-14,19-25,30-34,48H,15-18,26-29H2,1-12H3. The monoisotopic (exact) mass is 794 g/mol. The fraction of sp³-hybridized carbons (Fsp3) is 0.474. The molecular weight excluding hydrogens is 727 g/mol. The molecule has 2 aliphatic carbocycles. The Hall–Kier alpha value is -4.50. The molecule has 0 amide bonds. The van der Waals surface area contributed by atoms with Gasteiger partial charge in [-0.1, -0.05) is 130 Å². The van der Waals surface area contributed by atoms with Crippen molar-refractivity contribution < 1.29 is 0 Å². The van der Waals surface area contributed by atoms with E-state index >= 15 is 0 Å². The lowest BCUT2D eigenvalue weighted by Gasteiger charge is -2.54. The van der Waals surface area contributed by atoms with Gasteiger partial charge in [0.15, 0.2) is 0 Å². The predicted molar refractivity (Wildman–Crippen MR) is 255 cm³/mol. The van der Waals surface area contributed by atoms with Crippen LogP contribution >= 0.6 is 0 Å². The molecule has 2 saturated carbocycles. The van der Waals surface area contributed by atoms with Gasteiger partial charge in [-0.25, -0.2) is 0 Å². The summed E-state index contributed by atoms with van der Waals surface area (Å²) in [5, 5.41) is 0. The molecular formula is C57H67N3. The Bertz CT molecular complexity index is 2650. The molecule has 3 heteroatoms. The van der Waals surface area contributed by atoms with Crippen LogP contribution in [0.3, 0.4) is 0 Å². The van der Waals surface area contributed by atoms with E-state index < -0.39 is 0 Å². The Morgan fingerprint density at radius 1 is 0.517 bits per heavy atom. The number of fused-ring (bicyclic) bond motifs is 10. The summed E-state index contributed by atoms with van der Waals surface area (Å²) in [7, 11) is 0. The molecule has 4 heterocycles. The van der Waals surface area contributed by atoms with E-state index in [0.29, 0.717) is 0 Å².